The fourth-order valence-electron chi connectivity index (χ4n) is 4.79. The van der Waals surface area contributed by atoms with Crippen molar-refractivity contribution >= 4 is 15.8 Å². The highest BCUT2D eigenvalue weighted by Crippen LogP contribution is 2.51. The number of ether oxygens (including phenoxy) is 1. The van der Waals surface area contributed by atoms with Crippen molar-refractivity contribution in [1.29, 1.82) is 0 Å². The number of aromatic nitrogens is 3. The van der Waals surface area contributed by atoms with Crippen molar-refractivity contribution in [2.24, 2.45) is 22.9 Å². The van der Waals surface area contributed by atoms with E-state index in [0.717, 1.165) is 57.4 Å². The molecule has 3 aliphatic rings. The van der Waals surface area contributed by atoms with Crippen LogP contribution in [0.3, 0.4) is 0 Å². The standard InChI is InChI=1S/C21H27N7O4S/c1-33(29,30)16-2-3-18(23-13-16)31-11-6-15-12-17(15)14-4-9-28(10-5-14)20-24-19(32-25-20)21(7-8-21)26-27-22/h2-3,13-15,17H,4-12H2,1H3/t15-,17-/m1/s1. The van der Waals surface area contributed by atoms with Gasteiger partial charge in [-0.2, -0.15) is 4.98 Å². The zero-order valence-electron chi connectivity index (χ0n) is 18.5. The Morgan fingerprint density at radius 1 is 1.33 bits per heavy atom. The third-order valence-electron chi connectivity index (χ3n) is 7.05. The van der Waals surface area contributed by atoms with Gasteiger partial charge >= 0.3 is 0 Å². The van der Waals surface area contributed by atoms with Crippen molar-refractivity contribution < 1.29 is 17.7 Å². The Kier molecular flexibility index (Phi) is 5.65. The second kappa shape index (κ2) is 8.49. The summed E-state index contributed by atoms with van der Waals surface area (Å²) in [5.41, 5.74) is 8.12. The van der Waals surface area contributed by atoms with Gasteiger partial charge in [-0.25, -0.2) is 13.4 Å². The van der Waals surface area contributed by atoms with E-state index in [-0.39, 0.29) is 4.90 Å². The zero-order valence-corrected chi connectivity index (χ0v) is 19.3. The molecule has 0 radical (unpaired) electrons. The maximum absolute atomic E-state index is 11.5. The molecule has 1 aliphatic heterocycles. The Hall–Kier alpha value is -2.85. The third kappa shape index (κ3) is 4.77. The number of hydrogen-bond donors (Lipinski definition) is 0. The lowest BCUT2D eigenvalue weighted by atomic mass is 9.90. The van der Waals surface area contributed by atoms with Crippen molar-refractivity contribution in [1.82, 2.24) is 15.1 Å². The van der Waals surface area contributed by atoms with Gasteiger partial charge in [0.1, 0.15) is 5.54 Å². The molecular formula is C21H27N7O4S. The average molecular weight is 474 g/mol. The lowest BCUT2D eigenvalue weighted by molar-refractivity contribution is 0.275. The van der Waals surface area contributed by atoms with Crippen molar-refractivity contribution in [2.75, 3.05) is 30.9 Å². The van der Waals surface area contributed by atoms with Crippen molar-refractivity contribution in [3.8, 4) is 5.88 Å². The van der Waals surface area contributed by atoms with Gasteiger partial charge in [0.25, 0.3) is 5.95 Å². The van der Waals surface area contributed by atoms with Gasteiger partial charge < -0.3 is 14.2 Å². The van der Waals surface area contributed by atoms with Gasteiger partial charge in [0.15, 0.2) is 9.84 Å². The molecular weight excluding hydrogens is 446 g/mol. The van der Waals surface area contributed by atoms with E-state index < -0.39 is 15.4 Å². The van der Waals surface area contributed by atoms with Gasteiger partial charge in [0, 0.05) is 36.5 Å². The Morgan fingerprint density at radius 2 is 2.12 bits per heavy atom. The molecule has 176 valence electrons. The van der Waals surface area contributed by atoms with Gasteiger partial charge in [0.2, 0.25) is 11.8 Å². The minimum atomic E-state index is -3.24. The Bertz CT molecular complexity index is 1150. The molecule has 2 aromatic rings. The van der Waals surface area contributed by atoms with E-state index in [1.54, 1.807) is 6.07 Å². The summed E-state index contributed by atoms with van der Waals surface area (Å²) in [7, 11) is -3.24. The van der Waals surface area contributed by atoms with Crippen LogP contribution >= 0.6 is 0 Å². The molecule has 0 aromatic carbocycles. The minimum absolute atomic E-state index is 0.197. The van der Waals surface area contributed by atoms with E-state index in [4.69, 9.17) is 14.8 Å². The van der Waals surface area contributed by atoms with Crippen molar-refractivity contribution in [3.63, 3.8) is 0 Å². The van der Waals surface area contributed by atoms with Gasteiger partial charge in [-0.05, 0) is 73.0 Å². The summed E-state index contributed by atoms with van der Waals surface area (Å²) in [6.45, 7) is 2.38. The molecule has 0 spiro atoms. The normalized spacial score (nSPS) is 24.2. The van der Waals surface area contributed by atoms with Crippen LogP contribution in [-0.2, 0) is 15.4 Å². The van der Waals surface area contributed by atoms with Crippen LogP contribution in [0.25, 0.3) is 10.4 Å². The fraction of sp³-hybridized carbons (Fsp3) is 0.667. The number of rotatable bonds is 9. The number of pyridine rings is 1. The first-order chi connectivity index (χ1) is 15.9. The van der Waals surface area contributed by atoms with Crippen molar-refractivity contribution in [3.05, 3.63) is 34.7 Å². The molecule has 0 unspecified atom stereocenters. The first-order valence-electron chi connectivity index (χ1n) is 11.3. The molecule has 5 rings (SSSR count). The molecule has 3 heterocycles. The molecule has 2 aromatic heterocycles. The number of azide groups is 1. The largest absolute Gasteiger partial charge is 0.478 e. The van der Waals surface area contributed by atoms with E-state index in [0.29, 0.717) is 36.2 Å². The zero-order chi connectivity index (χ0) is 23.1. The molecule has 12 heteroatoms. The summed E-state index contributed by atoms with van der Waals surface area (Å²) in [6.07, 6.45) is 8.43. The van der Waals surface area contributed by atoms with E-state index in [1.807, 2.05) is 0 Å². The molecule has 0 amide bonds. The Balaban J connectivity index is 1.05. The molecule has 2 saturated carbocycles. The van der Waals surface area contributed by atoms with Crippen LogP contribution in [0.2, 0.25) is 0 Å². The van der Waals surface area contributed by atoms with Crippen LogP contribution in [-0.4, -0.2) is 49.5 Å². The molecule has 0 bridgehead atoms. The highest BCUT2D eigenvalue weighted by Gasteiger charge is 2.49. The molecule has 0 N–H and O–H groups in total. The lowest BCUT2D eigenvalue weighted by Gasteiger charge is -2.31. The first-order valence-corrected chi connectivity index (χ1v) is 13.2. The topological polar surface area (TPSA) is 147 Å². The average Bonchev–Trinajstić information content (AvgIpc) is 3.71. The maximum atomic E-state index is 11.5. The minimum Gasteiger partial charge on any atom is -0.478 e. The van der Waals surface area contributed by atoms with E-state index in [1.165, 1.54) is 18.7 Å². The highest BCUT2D eigenvalue weighted by molar-refractivity contribution is 7.90. The van der Waals surface area contributed by atoms with Crippen molar-refractivity contribution in [2.45, 2.75) is 49.0 Å². The molecule has 1 saturated heterocycles. The predicted molar refractivity (Wildman–Crippen MR) is 118 cm³/mol. The Morgan fingerprint density at radius 3 is 2.76 bits per heavy atom. The molecule has 33 heavy (non-hydrogen) atoms. The van der Waals surface area contributed by atoms with Gasteiger partial charge in [-0.3, -0.25) is 0 Å². The van der Waals surface area contributed by atoms with Crippen LogP contribution in [0.15, 0.2) is 32.9 Å². The van der Waals surface area contributed by atoms with Crippen LogP contribution in [0.5, 0.6) is 5.88 Å². The molecule has 11 nitrogen and oxygen atoms in total. The monoisotopic (exact) mass is 473 g/mol. The van der Waals surface area contributed by atoms with Gasteiger partial charge in [0.05, 0.1) is 11.5 Å². The summed E-state index contributed by atoms with van der Waals surface area (Å²) in [5, 5.41) is 7.95. The number of sulfone groups is 1. The Labute approximate surface area is 192 Å². The maximum Gasteiger partial charge on any atom is 0.266 e. The van der Waals surface area contributed by atoms with Crippen LogP contribution in [0.4, 0.5) is 5.95 Å². The fourth-order valence-corrected chi connectivity index (χ4v) is 5.35. The first kappa shape index (κ1) is 22.0. The number of nitrogens with zero attached hydrogens (tertiary/aromatic N) is 7. The van der Waals surface area contributed by atoms with Crippen LogP contribution < -0.4 is 9.64 Å². The lowest BCUT2D eigenvalue weighted by Crippen LogP contribution is -2.35. The summed E-state index contributed by atoms with van der Waals surface area (Å²) < 4.78 is 34.1. The SMILES string of the molecule is CS(=O)(=O)c1ccc(OCC[C@@H]2C[C@@H]2C2CCN(c3noc(C4(N=[N+]=[N-])CC4)n3)CC2)nc1. The summed E-state index contributed by atoms with van der Waals surface area (Å²) in [5.74, 6) is 3.59. The van der Waals surface area contributed by atoms with Crippen LogP contribution in [0.1, 0.15) is 44.4 Å². The second-order valence-corrected chi connectivity index (χ2v) is 11.4. The molecule has 2 aliphatic carbocycles. The second-order valence-electron chi connectivity index (χ2n) is 9.35. The van der Waals surface area contributed by atoms with Gasteiger partial charge in [-0.15, -0.1) is 0 Å². The van der Waals surface area contributed by atoms with Crippen LogP contribution in [0, 0.1) is 17.8 Å². The quantitative estimate of drug-likeness (QED) is 0.305. The third-order valence-corrected chi connectivity index (χ3v) is 8.15. The molecule has 2 atom stereocenters. The van der Waals surface area contributed by atoms with Gasteiger partial charge in [-0.1, -0.05) is 5.11 Å². The smallest absolute Gasteiger partial charge is 0.266 e. The predicted octanol–water partition coefficient (Wildman–Crippen LogP) is 3.49. The number of anilines is 1. The number of piperidine rings is 1. The number of hydrogen-bond acceptors (Lipinski definition) is 9. The van der Waals surface area contributed by atoms with E-state index in [9.17, 15) is 8.42 Å². The van der Waals surface area contributed by atoms with E-state index in [2.05, 4.69) is 30.1 Å². The summed E-state index contributed by atoms with van der Waals surface area (Å²) >= 11 is 0. The summed E-state index contributed by atoms with van der Waals surface area (Å²) in [4.78, 5) is 13.9. The summed E-state index contributed by atoms with van der Waals surface area (Å²) in [6, 6.07) is 3.14. The van der Waals surface area contributed by atoms with E-state index >= 15 is 0 Å². The highest BCUT2D eigenvalue weighted by atomic mass is 32.2. The molecule has 3 fully saturated rings.